The monoisotopic (exact) mass is 458 g/mol. The van der Waals surface area contributed by atoms with Crippen molar-refractivity contribution in [1.82, 2.24) is 14.8 Å². The number of aryl methyl sites for hydroxylation is 3. The van der Waals surface area contributed by atoms with E-state index >= 15 is 0 Å². The van der Waals surface area contributed by atoms with Crippen LogP contribution in [0.2, 0.25) is 0 Å². The van der Waals surface area contributed by atoms with Crippen LogP contribution in [0.4, 0.5) is 5.00 Å². The van der Waals surface area contributed by atoms with Crippen molar-refractivity contribution < 1.29 is 14.3 Å². The van der Waals surface area contributed by atoms with E-state index in [1.54, 1.807) is 0 Å². The molecule has 0 aliphatic rings. The van der Waals surface area contributed by atoms with Crippen LogP contribution in [0.5, 0.6) is 0 Å². The SMILES string of the molecule is CCc1c(C)sc(NC(=O)CSc2nnc(CCc3ccccc3)n2C)c1C(=O)OC. The summed E-state index contributed by atoms with van der Waals surface area (Å²) in [5, 5.41) is 12.6. The summed E-state index contributed by atoms with van der Waals surface area (Å²) in [4.78, 5) is 25.8. The molecule has 7 nitrogen and oxygen atoms in total. The van der Waals surface area contributed by atoms with Crippen molar-refractivity contribution in [3.63, 3.8) is 0 Å². The molecular formula is C22H26N4O3S2. The number of thiophene rings is 1. The summed E-state index contributed by atoms with van der Waals surface area (Å²) in [6.45, 7) is 3.92. The number of carbonyl (C=O) groups is 2. The Morgan fingerprint density at radius 1 is 1.19 bits per heavy atom. The molecule has 3 rings (SSSR count). The Balaban J connectivity index is 1.60. The molecule has 0 aliphatic heterocycles. The summed E-state index contributed by atoms with van der Waals surface area (Å²) in [6.07, 6.45) is 2.35. The molecule has 3 aromatic rings. The number of esters is 1. The summed E-state index contributed by atoms with van der Waals surface area (Å²) < 4.78 is 6.83. The van der Waals surface area contributed by atoms with E-state index in [1.165, 1.54) is 35.8 Å². The van der Waals surface area contributed by atoms with Gasteiger partial charge < -0.3 is 14.6 Å². The van der Waals surface area contributed by atoms with Gasteiger partial charge in [0.2, 0.25) is 5.91 Å². The van der Waals surface area contributed by atoms with Crippen molar-refractivity contribution in [3.8, 4) is 0 Å². The van der Waals surface area contributed by atoms with Gasteiger partial charge in [0.25, 0.3) is 0 Å². The first-order valence-electron chi connectivity index (χ1n) is 10.00. The van der Waals surface area contributed by atoms with E-state index < -0.39 is 5.97 Å². The number of methoxy groups -OCH3 is 1. The van der Waals surface area contributed by atoms with E-state index in [9.17, 15) is 9.59 Å². The third kappa shape index (κ3) is 5.54. The van der Waals surface area contributed by atoms with Crippen LogP contribution >= 0.6 is 23.1 Å². The first-order chi connectivity index (χ1) is 14.9. The van der Waals surface area contributed by atoms with Gasteiger partial charge in [0.1, 0.15) is 10.8 Å². The number of nitrogens with one attached hydrogen (secondary N) is 1. The summed E-state index contributed by atoms with van der Waals surface area (Å²) in [7, 11) is 3.26. The normalized spacial score (nSPS) is 10.8. The highest BCUT2D eigenvalue weighted by Gasteiger charge is 2.23. The number of ether oxygens (including phenoxy) is 1. The van der Waals surface area contributed by atoms with Crippen LogP contribution in [0.1, 0.15) is 39.1 Å². The van der Waals surface area contributed by atoms with Gasteiger partial charge in [-0.05, 0) is 30.9 Å². The quantitative estimate of drug-likeness (QED) is 0.385. The van der Waals surface area contributed by atoms with Gasteiger partial charge in [-0.25, -0.2) is 4.79 Å². The molecule has 2 heterocycles. The fraction of sp³-hybridized carbons (Fsp3) is 0.364. The zero-order chi connectivity index (χ0) is 22.4. The van der Waals surface area contributed by atoms with E-state index in [4.69, 9.17) is 4.74 Å². The van der Waals surface area contributed by atoms with Crippen molar-refractivity contribution in [3.05, 3.63) is 57.7 Å². The molecule has 1 aromatic carbocycles. The molecule has 0 spiro atoms. The number of thioether (sulfide) groups is 1. The molecule has 1 N–H and O–H groups in total. The highest BCUT2D eigenvalue weighted by Crippen LogP contribution is 2.34. The Labute approximate surface area is 190 Å². The highest BCUT2D eigenvalue weighted by molar-refractivity contribution is 7.99. The summed E-state index contributed by atoms with van der Waals surface area (Å²) in [5.41, 5.74) is 2.61. The zero-order valence-corrected chi connectivity index (χ0v) is 19.7. The van der Waals surface area contributed by atoms with Gasteiger partial charge in [-0.15, -0.1) is 21.5 Å². The van der Waals surface area contributed by atoms with Gasteiger partial charge >= 0.3 is 5.97 Å². The number of benzene rings is 1. The Kier molecular flexibility index (Phi) is 7.86. The minimum Gasteiger partial charge on any atom is -0.465 e. The number of aromatic nitrogens is 3. The van der Waals surface area contributed by atoms with Crippen molar-refractivity contribution in [2.45, 2.75) is 38.3 Å². The standard InChI is InChI=1S/C22H26N4O3S2/c1-5-16-14(2)31-20(19(16)21(28)29-4)23-18(27)13-30-22-25-24-17(26(22)3)12-11-15-9-7-6-8-10-15/h6-10H,5,11-13H2,1-4H3,(H,23,27). The molecule has 1 amide bonds. The van der Waals surface area contributed by atoms with Crippen molar-refractivity contribution in [2.24, 2.45) is 7.05 Å². The summed E-state index contributed by atoms with van der Waals surface area (Å²) >= 11 is 2.72. The van der Waals surface area contributed by atoms with Gasteiger partial charge in [-0.3, -0.25) is 4.79 Å². The lowest BCUT2D eigenvalue weighted by atomic mass is 10.1. The van der Waals surface area contributed by atoms with Gasteiger partial charge in [0.15, 0.2) is 5.16 Å². The van der Waals surface area contributed by atoms with Crippen LogP contribution in [-0.4, -0.2) is 39.5 Å². The molecule has 0 unspecified atom stereocenters. The predicted molar refractivity (Wildman–Crippen MR) is 124 cm³/mol. The number of anilines is 1. The molecule has 9 heteroatoms. The lowest BCUT2D eigenvalue weighted by Crippen LogP contribution is -2.16. The summed E-state index contributed by atoms with van der Waals surface area (Å²) in [6, 6.07) is 10.2. The number of nitrogens with zero attached hydrogens (tertiary/aromatic N) is 3. The molecule has 0 saturated heterocycles. The average molecular weight is 459 g/mol. The molecule has 0 saturated carbocycles. The Morgan fingerprint density at radius 3 is 2.61 bits per heavy atom. The van der Waals surface area contributed by atoms with Crippen molar-refractivity contribution in [1.29, 1.82) is 0 Å². The molecule has 2 aromatic heterocycles. The molecular weight excluding hydrogens is 432 g/mol. The lowest BCUT2D eigenvalue weighted by Gasteiger charge is -2.07. The molecule has 164 valence electrons. The molecule has 0 fully saturated rings. The van der Waals surface area contributed by atoms with E-state index in [0.717, 1.165) is 29.1 Å². The van der Waals surface area contributed by atoms with Crippen LogP contribution in [0.3, 0.4) is 0 Å². The van der Waals surface area contributed by atoms with E-state index in [1.807, 2.05) is 43.7 Å². The first kappa shape index (κ1) is 23.0. The Bertz CT molecular complexity index is 1060. The van der Waals surface area contributed by atoms with Crippen LogP contribution in [0.15, 0.2) is 35.5 Å². The maximum atomic E-state index is 12.6. The van der Waals surface area contributed by atoms with Crippen LogP contribution < -0.4 is 5.32 Å². The van der Waals surface area contributed by atoms with E-state index in [2.05, 4.69) is 27.6 Å². The zero-order valence-electron chi connectivity index (χ0n) is 18.1. The van der Waals surface area contributed by atoms with Crippen molar-refractivity contribution in [2.75, 3.05) is 18.2 Å². The molecule has 0 radical (unpaired) electrons. The average Bonchev–Trinajstić information content (AvgIpc) is 3.29. The third-order valence-electron chi connectivity index (χ3n) is 4.94. The largest absolute Gasteiger partial charge is 0.465 e. The maximum Gasteiger partial charge on any atom is 0.341 e. The smallest absolute Gasteiger partial charge is 0.341 e. The second-order valence-electron chi connectivity index (χ2n) is 6.97. The minimum atomic E-state index is -0.430. The van der Waals surface area contributed by atoms with Gasteiger partial charge in [-0.1, -0.05) is 49.0 Å². The molecule has 0 aliphatic carbocycles. The highest BCUT2D eigenvalue weighted by atomic mass is 32.2. The lowest BCUT2D eigenvalue weighted by molar-refractivity contribution is -0.113. The first-order valence-corrected chi connectivity index (χ1v) is 11.8. The molecule has 0 bridgehead atoms. The van der Waals surface area contributed by atoms with Crippen LogP contribution in [0.25, 0.3) is 0 Å². The topological polar surface area (TPSA) is 86.1 Å². The molecule has 31 heavy (non-hydrogen) atoms. The molecule has 0 atom stereocenters. The fourth-order valence-electron chi connectivity index (χ4n) is 3.29. The second-order valence-corrected chi connectivity index (χ2v) is 9.13. The van der Waals surface area contributed by atoms with E-state index in [-0.39, 0.29) is 11.7 Å². The maximum absolute atomic E-state index is 12.6. The number of hydrogen-bond donors (Lipinski definition) is 1. The second kappa shape index (κ2) is 10.6. The van der Waals surface area contributed by atoms with Gasteiger partial charge in [0, 0.05) is 18.3 Å². The number of amides is 1. The third-order valence-corrected chi connectivity index (χ3v) is 7.03. The number of carbonyl (C=O) groups excluding carboxylic acids is 2. The fourth-order valence-corrected chi connectivity index (χ4v) is 5.17. The van der Waals surface area contributed by atoms with E-state index in [0.29, 0.717) is 22.1 Å². The van der Waals surface area contributed by atoms with Crippen molar-refractivity contribution >= 4 is 40.0 Å². The van der Waals surface area contributed by atoms with Gasteiger partial charge in [0.05, 0.1) is 18.4 Å². The number of rotatable bonds is 9. The Morgan fingerprint density at radius 2 is 1.94 bits per heavy atom. The minimum absolute atomic E-state index is 0.170. The van der Waals surface area contributed by atoms with Gasteiger partial charge in [-0.2, -0.15) is 0 Å². The van der Waals surface area contributed by atoms with Crippen LogP contribution in [-0.2, 0) is 35.8 Å². The van der Waals surface area contributed by atoms with Crippen LogP contribution in [0, 0.1) is 6.92 Å². The number of hydrogen-bond acceptors (Lipinski definition) is 7. The summed E-state index contributed by atoms with van der Waals surface area (Å²) in [5.74, 6) is 0.415. The predicted octanol–water partition coefficient (Wildman–Crippen LogP) is 4.05. The Hall–Kier alpha value is -2.65.